The number of benzene rings is 2. The quantitative estimate of drug-likeness (QED) is 0.453. The van der Waals surface area contributed by atoms with Crippen LogP contribution in [0.15, 0.2) is 48.8 Å². The Bertz CT molecular complexity index is 1130. The Hall–Kier alpha value is -3.39. The van der Waals surface area contributed by atoms with Crippen molar-refractivity contribution in [1.29, 1.82) is 0 Å². The molecule has 1 saturated heterocycles. The average molecular weight is 436 g/mol. The van der Waals surface area contributed by atoms with E-state index in [1.165, 1.54) is 0 Å². The van der Waals surface area contributed by atoms with E-state index in [0.29, 0.717) is 5.56 Å². The van der Waals surface area contributed by atoms with Gasteiger partial charge in [0.25, 0.3) is 0 Å². The third-order valence-electron chi connectivity index (χ3n) is 5.99. The minimum atomic E-state index is -0.366. The monoisotopic (exact) mass is 435 g/mol. The number of piperazine rings is 1. The summed E-state index contributed by atoms with van der Waals surface area (Å²) in [5.41, 5.74) is 4.24. The van der Waals surface area contributed by atoms with Gasteiger partial charge in [0.15, 0.2) is 6.23 Å². The maximum Gasteiger partial charge on any atom is 0.339 e. The number of imidazole rings is 1. The molecule has 1 unspecified atom stereocenters. The lowest BCUT2D eigenvalue weighted by Crippen LogP contribution is -2.48. The summed E-state index contributed by atoms with van der Waals surface area (Å²) in [6.45, 7) is 6.54. The van der Waals surface area contributed by atoms with Crippen molar-refractivity contribution < 1.29 is 14.3 Å². The highest BCUT2D eigenvalue weighted by Crippen LogP contribution is 2.24. The van der Waals surface area contributed by atoms with Gasteiger partial charge < -0.3 is 14.5 Å². The van der Waals surface area contributed by atoms with E-state index in [9.17, 15) is 9.59 Å². The van der Waals surface area contributed by atoms with Gasteiger partial charge in [0.2, 0.25) is 5.91 Å². The summed E-state index contributed by atoms with van der Waals surface area (Å²) < 4.78 is 7.48. The first-order valence-electron chi connectivity index (χ1n) is 10.8. The van der Waals surface area contributed by atoms with Crippen molar-refractivity contribution >= 4 is 28.6 Å². The van der Waals surface area contributed by atoms with Crippen molar-refractivity contribution in [3.8, 4) is 5.69 Å². The standard InChI is InChI=1S/C24H29N5O3/c1-17(30)27-10-12-28(13-11-27)20-6-5-7-21(15-20)29-16-25-22-14-19(8-9-23(22)29)24(31)32-18(2)26(3)4/h5-9,14-16,18H,10-13H2,1-4H3. The third-order valence-corrected chi connectivity index (χ3v) is 5.99. The topological polar surface area (TPSA) is 70.9 Å². The number of hydrogen-bond donors (Lipinski definition) is 0. The predicted molar refractivity (Wildman–Crippen MR) is 124 cm³/mol. The van der Waals surface area contributed by atoms with Gasteiger partial charge >= 0.3 is 5.97 Å². The minimum Gasteiger partial charge on any atom is -0.443 e. The number of amides is 1. The molecule has 8 nitrogen and oxygen atoms in total. The van der Waals surface area contributed by atoms with E-state index in [-0.39, 0.29) is 18.1 Å². The molecule has 1 aromatic heterocycles. The van der Waals surface area contributed by atoms with Crippen LogP contribution in [0.3, 0.4) is 0 Å². The number of aromatic nitrogens is 2. The lowest BCUT2D eigenvalue weighted by molar-refractivity contribution is -0.129. The zero-order valence-electron chi connectivity index (χ0n) is 19.0. The van der Waals surface area contributed by atoms with Gasteiger partial charge in [0.05, 0.1) is 16.6 Å². The van der Waals surface area contributed by atoms with Gasteiger partial charge in [-0.3, -0.25) is 14.3 Å². The van der Waals surface area contributed by atoms with Crippen LogP contribution in [-0.4, -0.2) is 77.7 Å². The molecule has 0 bridgehead atoms. The van der Waals surface area contributed by atoms with E-state index in [1.54, 1.807) is 25.4 Å². The van der Waals surface area contributed by atoms with Crippen LogP contribution in [0.1, 0.15) is 24.2 Å². The molecular formula is C24H29N5O3. The Morgan fingerprint density at radius 3 is 2.44 bits per heavy atom. The minimum absolute atomic E-state index is 0.128. The number of hydrogen-bond acceptors (Lipinski definition) is 6. The van der Waals surface area contributed by atoms with Crippen LogP contribution in [0.25, 0.3) is 16.7 Å². The molecular weight excluding hydrogens is 406 g/mol. The van der Waals surface area contributed by atoms with Gasteiger partial charge in [-0.1, -0.05) is 6.07 Å². The van der Waals surface area contributed by atoms with Crippen LogP contribution in [0.5, 0.6) is 0 Å². The second kappa shape index (κ2) is 9.00. The molecule has 0 saturated carbocycles. The van der Waals surface area contributed by atoms with Crippen LogP contribution >= 0.6 is 0 Å². The molecule has 1 amide bonds. The Morgan fingerprint density at radius 1 is 1.03 bits per heavy atom. The van der Waals surface area contributed by atoms with Crippen molar-refractivity contribution in [1.82, 2.24) is 19.4 Å². The van der Waals surface area contributed by atoms with E-state index in [4.69, 9.17) is 4.74 Å². The fourth-order valence-electron chi connectivity index (χ4n) is 3.79. The summed E-state index contributed by atoms with van der Waals surface area (Å²) >= 11 is 0. The molecule has 0 N–H and O–H groups in total. The SMILES string of the molecule is CC(=O)N1CCN(c2cccc(-n3cnc4cc(C(=O)OC(C)N(C)C)ccc43)c2)CC1. The van der Waals surface area contributed by atoms with Gasteiger partial charge in [-0.15, -0.1) is 0 Å². The maximum atomic E-state index is 12.5. The summed E-state index contributed by atoms with van der Waals surface area (Å²) in [7, 11) is 3.72. The molecule has 2 heterocycles. The third kappa shape index (κ3) is 4.45. The van der Waals surface area contributed by atoms with Crippen molar-refractivity contribution in [2.24, 2.45) is 0 Å². The molecule has 32 heavy (non-hydrogen) atoms. The van der Waals surface area contributed by atoms with Gasteiger partial charge in [0, 0.05) is 44.5 Å². The summed E-state index contributed by atoms with van der Waals surface area (Å²) in [4.78, 5) is 34.6. The predicted octanol–water partition coefficient (Wildman–Crippen LogP) is 2.76. The van der Waals surface area contributed by atoms with Crippen LogP contribution in [-0.2, 0) is 9.53 Å². The molecule has 0 spiro atoms. The molecule has 2 aromatic carbocycles. The van der Waals surface area contributed by atoms with Gasteiger partial charge in [-0.25, -0.2) is 9.78 Å². The van der Waals surface area contributed by atoms with E-state index in [2.05, 4.69) is 22.0 Å². The average Bonchev–Trinajstić information content (AvgIpc) is 3.22. The molecule has 1 fully saturated rings. The van der Waals surface area contributed by atoms with Gasteiger partial charge in [-0.05, 0) is 57.4 Å². The Labute approximate surface area is 188 Å². The first-order chi connectivity index (χ1) is 15.3. The van der Waals surface area contributed by atoms with Crippen LogP contribution in [0, 0.1) is 0 Å². The number of nitrogens with zero attached hydrogens (tertiary/aromatic N) is 5. The molecule has 4 rings (SSSR count). The van der Waals surface area contributed by atoms with Crippen LogP contribution in [0.2, 0.25) is 0 Å². The number of carbonyl (C=O) groups excluding carboxylic acids is 2. The molecule has 1 aliphatic heterocycles. The van der Waals surface area contributed by atoms with Crippen molar-refractivity contribution in [3.05, 3.63) is 54.4 Å². The highest BCUT2D eigenvalue weighted by Gasteiger charge is 2.19. The molecule has 168 valence electrons. The largest absolute Gasteiger partial charge is 0.443 e. The van der Waals surface area contributed by atoms with Crippen LogP contribution < -0.4 is 4.90 Å². The number of ether oxygens (including phenoxy) is 1. The molecule has 0 radical (unpaired) electrons. The lowest BCUT2D eigenvalue weighted by Gasteiger charge is -2.35. The van der Waals surface area contributed by atoms with E-state index < -0.39 is 0 Å². The van der Waals surface area contributed by atoms with Crippen molar-refractivity contribution in [3.63, 3.8) is 0 Å². The highest BCUT2D eigenvalue weighted by molar-refractivity contribution is 5.94. The fraction of sp³-hybridized carbons (Fsp3) is 0.375. The molecule has 8 heteroatoms. The zero-order chi connectivity index (χ0) is 22.8. The molecule has 1 atom stereocenters. The van der Waals surface area contributed by atoms with Gasteiger partial charge in [-0.2, -0.15) is 0 Å². The van der Waals surface area contributed by atoms with Crippen molar-refractivity contribution in [2.45, 2.75) is 20.1 Å². The van der Waals surface area contributed by atoms with Crippen molar-refractivity contribution in [2.75, 3.05) is 45.2 Å². The smallest absolute Gasteiger partial charge is 0.339 e. The van der Waals surface area contributed by atoms with E-state index in [1.807, 2.05) is 53.6 Å². The molecule has 3 aromatic rings. The zero-order valence-corrected chi connectivity index (χ0v) is 19.0. The number of carbonyl (C=O) groups is 2. The lowest BCUT2D eigenvalue weighted by atomic mass is 10.2. The highest BCUT2D eigenvalue weighted by atomic mass is 16.6. The van der Waals surface area contributed by atoms with E-state index in [0.717, 1.165) is 48.6 Å². The first-order valence-corrected chi connectivity index (χ1v) is 10.8. The number of esters is 1. The maximum absolute atomic E-state index is 12.5. The fourth-order valence-corrected chi connectivity index (χ4v) is 3.79. The Balaban J connectivity index is 1.55. The number of anilines is 1. The Kier molecular flexibility index (Phi) is 6.14. The van der Waals surface area contributed by atoms with Crippen LogP contribution in [0.4, 0.5) is 5.69 Å². The Morgan fingerprint density at radius 2 is 1.75 bits per heavy atom. The molecule has 1 aliphatic rings. The second-order valence-electron chi connectivity index (χ2n) is 8.30. The van der Waals surface area contributed by atoms with E-state index >= 15 is 0 Å². The first kappa shape index (κ1) is 21.8. The summed E-state index contributed by atoms with van der Waals surface area (Å²) in [6, 6.07) is 13.7. The van der Waals surface area contributed by atoms with Gasteiger partial charge in [0.1, 0.15) is 6.33 Å². The summed E-state index contributed by atoms with van der Waals surface area (Å²) in [5, 5.41) is 0. The summed E-state index contributed by atoms with van der Waals surface area (Å²) in [5.74, 6) is -0.239. The number of rotatable bonds is 5. The summed E-state index contributed by atoms with van der Waals surface area (Å²) in [6.07, 6.45) is 1.46. The number of fused-ring (bicyclic) bond motifs is 1. The normalized spacial score (nSPS) is 15.3. The second-order valence-corrected chi connectivity index (χ2v) is 8.30. The molecule has 0 aliphatic carbocycles.